The van der Waals surface area contributed by atoms with Crippen molar-refractivity contribution in [2.45, 2.75) is 31.2 Å². The molecule has 5 nitrogen and oxygen atoms in total. The number of piperidine rings is 1. The minimum absolute atomic E-state index is 0.130. The quantitative estimate of drug-likeness (QED) is 0.845. The Bertz CT molecular complexity index is 493. The van der Waals surface area contributed by atoms with Gasteiger partial charge < -0.3 is 15.5 Å². The lowest BCUT2D eigenvalue weighted by Crippen LogP contribution is -2.57. The fraction of sp³-hybridized carbons (Fsp3) is 0.647. The Balaban J connectivity index is 1.66. The molecule has 0 unspecified atom stereocenters. The van der Waals surface area contributed by atoms with Crippen molar-refractivity contribution < 1.29 is 4.79 Å². The number of pyridine rings is 1. The second-order valence-electron chi connectivity index (χ2n) is 6.86. The topological polar surface area (TPSA) is 57.3 Å². The lowest BCUT2D eigenvalue weighted by molar-refractivity contribution is -0.125. The molecule has 22 heavy (non-hydrogen) atoms. The maximum absolute atomic E-state index is 12.4. The smallest absolute Gasteiger partial charge is 0.220 e. The zero-order valence-corrected chi connectivity index (χ0v) is 13.3. The zero-order chi connectivity index (χ0) is 15.4. The summed E-state index contributed by atoms with van der Waals surface area (Å²) in [6.45, 7) is 4.00. The summed E-state index contributed by atoms with van der Waals surface area (Å²) in [6.07, 6.45) is 5.30. The van der Waals surface area contributed by atoms with Crippen LogP contribution in [0.5, 0.6) is 0 Å². The third-order valence-electron chi connectivity index (χ3n) is 4.93. The van der Waals surface area contributed by atoms with Gasteiger partial charge in [0, 0.05) is 43.4 Å². The van der Waals surface area contributed by atoms with Crippen molar-refractivity contribution in [3.8, 4) is 0 Å². The molecular formula is C17H26N4O. The SMILES string of the molecule is CN1CCC(Cc2ccccn2)(NC(=O)CC2CNC2)CC1. The van der Waals surface area contributed by atoms with E-state index in [9.17, 15) is 4.79 Å². The van der Waals surface area contributed by atoms with Gasteiger partial charge in [-0.3, -0.25) is 9.78 Å². The molecule has 1 aromatic rings. The number of rotatable bonds is 5. The van der Waals surface area contributed by atoms with Crippen LogP contribution in [-0.4, -0.2) is 54.6 Å². The molecule has 0 radical (unpaired) electrons. The molecule has 2 saturated heterocycles. The van der Waals surface area contributed by atoms with Crippen LogP contribution in [0.15, 0.2) is 24.4 Å². The number of likely N-dealkylation sites (tertiary alicyclic amines) is 1. The molecule has 3 rings (SSSR count). The van der Waals surface area contributed by atoms with E-state index in [0.717, 1.165) is 51.1 Å². The van der Waals surface area contributed by atoms with Crippen molar-refractivity contribution in [2.24, 2.45) is 5.92 Å². The molecule has 1 amide bonds. The lowest BCUT2D eigenvalue weighted by Gasteiger charge is -2.42. The maximum atomic E-state index is 12.4. The van der Waals surface area contributed by atoms with Crippen molar-refractivity contribution >= 4 is 5.91 Å². The summed E-state index contributed by atoms with van der Waals surface area (Å²) >= 11 is 0. The average Bonchev–Trinajstić information content (AvgIpc) is 2.47. The number of hydrogen-bond acceptors (Lipinski definition) is 4. The van der Waals surface area contributed by atoms with Crippen LogP contribution in [0, 0.1) is 5.92 Å². The van der Waals surface area contributed by atoms with E-state index in [-0.39, 0.29) is 11.4 Å². The highest BCUT2D eigenvalue weighted by Crippen LogP contribution is 2.26. The van der Waals surface area contributed by atoms with Gasteiger partial charge >= 0.3 is 0 Å². The van der Waals surface area contributed by atoms with Gasteiger partial charge in [0.05, 0.1) is 0 Å². The standard InChI is InChI=1S/C17H26N4O/c1-21-8-5-17(6-9-21,11-15-4-2-3-7-19-15)20-16(22)10-14-12-18-13-14/h2-4,7,14,18H,5-6,8-13H2,1H3,(H,20,22). The normalized spacial score (nSPS) is 22.0. The van der Waals surface area contributed by atoms with Crippen LogP contribution in [0.2, 0.25) is 0 Å². The molecule has 2 fully saturated rings. The molecule has 0 spiro atoms. The number of nitrogens with zero attached hydrogens (tertiary/aromatic N) is 2. The predicted octanol–water partition coefficient (Wildman–Crippen LogP) is 0.814. The van der Waals surface area contributed by atoms with Gasteiger partial charge in [0.15, 0.2) is 0 Å². The molecule has 2 aliphatic rings. The summed E-state index contributed by atoms with van der Waals surface area (Å²) in [4.78, 5) is 19.2. The second-order valence-corrected chi connectivity index (χ2v) is 6.86. The fourth-order valence-electron chi connectivity index (χ4n) is 3.34. The lowest BCUT2D eigenvalue weighted by atomic mass is 9.82. The van der Waals surface area contributed by atoms with Crippen LogP contribution in [0.3, 0.4) is 0 Å². The minimum Gasteiger partial charge on any atom is -0.350 e. The molecular weight excluding hydrogens is 276 g/mol. The third kappa shape index (κ3) is 3.84. The maximum Gasteiger partial charge on any atom is 0.220 e. The van der Waals surface area contributed by atoms with Crippen LogP contribution in [0.4, 0.5) is 0 Å². The average molecular weight is 302 g/mol. The van der Waals surface area contributed by atoms with Crippen LogP contribution in [0.1, 0.15) is 25.0 Å². The molecule has 0 saturated carbocycles. The molecule has 2 N–H and O–H groups in total. The number of nitrogens with one attached hydrogen (secondary N) is 2. The molecule has 3 heterocycles. The molecule has 2 aliphatic heterocycles. The summed E-state index contributed by atoms with van der Waals surface area (Å²) in [5, 5.41) is 6.60. The number of amides is 1. The van der Waals surface area contributed by atoms with Gasteiger partial charge in [-0.2, -0.15) is 0 Å². The Kier molecular flexibility index (Phi) is 4.74. The van der Waals surface area contributed by atoms with E-state index in [1.807, 2.05) is 18.3 Å². The van der Waals surface area contributed by atoms with Crippen molar-refractivity contribution in [3.05, 3.63) is 30.1 Å². The number of carbonyl (C=O) groups is 1. The first-order valence-corrected chi connectivity index (χ1v) is 8.25. The molecule has 0 bridgehead atoms. The molecule has 5 heteroatoms. The number of aromatic nitrogens is 1. The zero-order valence-electron chi connectivity index (χ0n) is 13.3. The monoisotopic (exact) mass is 302 g/mol. The summed E-state index contributed by atoms with van der Waals surface area (Å²) in [6, 6.07) is 6.02. The Morgan fingerprint density at radius 2 is 2.18 bits per heavy atom. The highest BCUT2D eigenvalue weighted by atomic mass is 16.1. The number of carbonyl (C=O) groups excluding carboxylic acids is 1. The van der Waals surface area contributed by atoms with Gasteiger partial charge in [-0.25, -0.2) is 0 Å². The van der Waals surface area contributed by atoms with Gasteiger partial charge in [0.1, 0.15) is 0 Å². The van der Waals surface area contributed by atoms with E-state index >= 15 is 0 Å². The largest absolute Gasteiger partial charge is 0.350 e. The molecule has 0 atom stereocenters. The summed E-state index contributed by atoms with van der Waals surface area (Å²) in [5.41, 5.74) is 0.937. The Morgan fingerprint density at radius 3 is 2.77 bits per heavy atom. The van der Waals surface area contributed by atoms with Crippen molar-refractivity contribution in [2.75, 3.05) is 33.2 Å². The predicted molar refractivity (Wildman–Crippen MR) is 86.5 cm³/mol. The van der Waals surface area contributed by atoms with E-state index in [1.54, 1.807) is 0 Å². The van der Waals surface area contributed by atoms with Gasteiger partial charge in [0.2, 0.25) is 5.91 Å². The fourth-order valence-corrected chi connectivity index (χ4v) is 3.34. The van der Waals surface area contributed by atoms with Crippen LogP contribution >= 0.6 is 0 Å². The Labute approximate surface area is 132 Å². The molecule has 0 aliphatic carbocycles. The van der Waals surface area contributed by atoms with Crippen molar-refractivity contribution in [1.29, 1.82) is 0 Å². The summed E-state index contributed by atoms with van der Waals surface area (Å²) in [5.74, 6) is 0.713. The third-order valence-corrected chi connectivity index (χ3v) is 4.93. The van der Waals surface area contributed by atoms with Gasteiger partial charge in [-0.1, -0.05) is 6.07 Å². The Morgan fingerprint density at radius 1 is 1.41 bits per heavy atom. The first kappa shape index (κ1) is 15.4. The Hall–Kier alpha value is -1.46. The van der Waals surface area contributed by atoms with E-state index in [0.29, 0.717) is 12.3 Å². The number of hydrogen-bond donors (Lipinski definition) is 2. The molecule has 120 valence electrons. The minimum atomic E-state index is -0.130. The van der Waals surface area contributed by atoms with E-state index < -0.39 is 0 Å². The van der Waals surface area contributed by atoms with Gasteiger partial charge in [-0.05, 0) is 51.0 Å². The van der Waals surface area contributed by atoms with Gasteiger partial charge in [0.25, 0.3) is 0 Å². The van der Waals surface area contributed by atoms with E-state index in [1.165, 1.54) is 0 Å². The van der Waals surface area contributed by atoms with E-state index in [4.69, 9.17) is 0 Å². The second kappa shape index (κ2) is 6.75. The first-order chi connectivity index (χ1) is 10.7. The van der Waals surface area contributed by atoms with Crippen LogP contribution < -0.4 is 10.6 Å². The summed E-state index contributed by atoms with van der Waals surface area (Å²) in [7, 11) is 2.15. The highest BCUT2D eigenvalue weighted by Gasteiger charge is 2.36. The summed E-state index contributed by atoms with van der Waals surface area (Å²) < 4.78 is 0. The van der Waals surface area contributed by atoms with Crippen LogP contribution in [-0.2, 0) is 11.2 Å². The highest BCUT2D eigenvalue weighted by molar-refractivity contribution is 5.77. The van der Waals surface area contributed by atoms with Gasteiger partial charge in [-0.15, -0.1) is 0 Å². The van der Waals surface area contributed by atoms with Crippen LogP contribution in [0.25, 0.3) is 0 Å². The molecule has 1 aromatic heterocycles. The molecule has 0 aromatic carbocycles. The van der Waals surface area contributed by atoms with Crippen molar-refractivity contribution in [3.63, 3.8) is 0 Å². The van der Waals surface area contributed by atoms with Crippen molar-refractivity contribution in [1.82, 2.24) is 20.5 Å². The van der Waals surface area contributed by atoms with E-state index in [2.05, 4.69) is 33.6 Å². The first-order valence-electron chi connectivity index (χ1n) is 8.25.